The zero-order valence-corrected chi connectivity index (χ0v) is 12.5. The van der Waals surface area contributed by atoms with Crippen LogP contribution in [0.25, 0.3) is 0 Å². The SMILES string of the molecule is Cc1cc(F)ccc1C(O)c1ccc2c(c1)CC(C)(C)O2. The lowest BCUT2D eigenvalue weighted by Gasteiger charge is -2.16. The van der Waals surface area contributed by atoms with Crippen LogP contribution in [0.2, 0.25) is 0 Å². The largest absolute Gasteiger partial charge is 0.487 e. The van der Waals surface area contributed by atoms with Crippen LogP contribution in [0.15, 0.2) is 36.4 Å². The predicted molar refractivity (Wildman–Crippen MR) is 80.1 cm³/mol. The van der Waals surface area contributed by atoms with Crippen molar-refractivity contribution in [1.82, 2.24) is 0 Å². The molecule has 0 bridgehead atoms. The van der Waals surface area contributed by atoms with Gasteiger partial charge in [0.25, 0.3) is 0 Å². The number of hydrogen-bond donors (Lipinski definition) is 1. The Morgan fingerprint density at radius 2 is 1.95 bits per heavy atom. The Morgan fingerprint density at radius 1 is 1.19 bits per heavy atom. The van der Waals surface area contributed by atoms with Crippen molar-refractivity contribution >= 4 is 0 Å². The second-order valence-electron chi connectivity index (χ2n) is 6.31. The molecule has 0 spiro atoms. The zero-order chi connectivity index (χ0) is 15.2. The number of aliphatic hydroxyl groups is 1. The minimum absolute atomic E-state index is 0.197. The molecule has 110 valence electrons. The van der Waals surface area contributed by atoms with Gasteiger partial charge in [0.2, 0.25) is 0 Å². The fraction of sp³-hybridized carbons (Fsp3) is 0.333. The minimum Gasteiger partial charge on any atom is -0.487 e. The molecule has 21 heavy (non-hydrogen) atoms. The van der Waals surface area contributed by atoms with Gasteiger partial charge >= 0.3 is 0 Å². The van der Waals surface area contributed by atoms with Crippen molar-refractivity contribution in [3.8, 4) is 5.75 Å². The number of fused-ring (bicyclic) bond motifs is 1. The average Bonchev–Trinajstić information content (AvgIpc) is 2.70. The molecule has 0 saturated heterocycles. The van der Waals surface area contributed by atoms with Crippen molar-refractivity contribution in [2.24, 2.45) is 0 Å². The van der Waals surface area contributed by atoms with Gasteiger partial charge in [-0.25, -0.2) is 4.39 Å². The van der Waals surface area contributed by atoms with Gasteiger partial charge in [-0.3, -0.25) is 0 Å². The second-order valence-corrected chi connectivity index (χ2v) is 6.31. The summed E-state index contributed by atoms with van der Waals surface area (Å²) in [6.45, 7) is 5.90. The summed E-state index contributed by atoms with van der Waals surface area (Å²) in [4.78, 5) is 0. The number of ether oxygens (including phenoxy) is 1. The van der Waals surface area contributed by atoms with E-state index in [-0.39, 0.29) is 11.4 Å². The lowest BCUT2D eigenvalue weighted by Crippen LogP contribution is -2.24. The van der Waals surface area contributed by atoms with Crippen molar-refractivity contribution < 1.29 is 14.2 Å². The van der Waals surface area contributed by atoms with Gasteiger partial charge < -0.3 is 9.84 Å². The molecule has 1 N–H and O–H groups in total. The van der Waals surface area contributed by atoms with E-state index >= 15 is 0 Å². The van der Waals surface area contributed by atoms with Crippen molar-refractivity contribution in [2.45, 2.75) is 38.9 Å². The molecule has 2 nitrogen and oxygen atoms in total. The molecule has 1 aliphatic rings. The van der Waals surface area contributed by atoms with Crippen LogP contribution >= 0.6 is 0 Å². The predicted octanol–water partition coefficient (Wildman–Crippen LogP) is 3.93. The summed E-state index contributed by atoms with van der Waals surface area (Å²) in [7, 11) is 0. The Bertz CT molecular complexity index is 692. The highest BCUT2D eigenvalue weighted by Crippen LogP contribution is 2.37. The Morgan fingerprint density at radius 3 is 2.67 bits per heavy atom. The van der Waals surface area contributed by atoms with E-state index < -0.39 is 6.10 Å². The van der Waals surface area contributed by atoms with Gasteiger partial charge in [-0.05, 0) is 67.3 Å². The first kappa shape index (κ1) is 14.1. The molecule has 2 aromatic rings. The highest BCUT2D eigenvalue weighted by molar-refractivity contribution is 5.45. The minimum atomic E-state index is -0.750. The molecule has 0 aliphatic carbocycles. The van der Waals surface area contributed by atoms with E-state index in [1.165, 1.54) is 12.1 Å². The zero-order valence-electron chi connectivity index (χ0n) is 12.5. The molecule has 1 aliphatic heterocycles. The standard InChI is InChI=1S/C18H19FO2/c1-11-8-14(19)5-6-15(11)17(20)12-4-7-16-13(9-12)10-18(2,3)21-16/h4-9,17,20H,10H2,1-3H3. The average molecular weight is 286 g/mol. The third kappa shape index (κ3) is 2.66. The fourth-order valence-electron chi connectivity index (χ4n) is 2.93. The van der Waals surface area contributed by atoms with E-state index in [0.717, 1.165) is 34.4 Å². The van der Waals surface area contributed by atoms with Gasteiger partial charge in [-0.2, -0.15) is 0 Å². The molecule has 1 unspecified atom stereocenters. The first-order valence-corrected chi connectivity index (χ1v) is 7.12. The summed E-state index contributed by atoms with van der Waals surface area (Å²) in [5.74, 6) is 0.597. The first-order chi connectivity index (χ1) is 9.85. The third-order valence-corrected chi connectivity index (χ3v) is 3.93. The lowest BCUT2D eigenvalue weighted by molar-refractivity contribution is 0.138. The smallest absolute Gasteiger partial charge is 0.123 e. The molecule has 0 radical (unpaired) electrons. The third-order valence-electron chi connectivity index (χ3n) is 3.93. The number of rotatable bonds is 2. The van der Waals surface area contributed by atoms with Gasteiger partial charge in [-0.15, -0.1) is 0 Å². The molecule has 0 aromatic heterocycles. The topological polar surface area (TPSA) is 29.5 Å². The van der Waals surface area contributed by atoms with E-state index in [1.807, 2.05) is 32.0 Å². The highest BCUT2D eigenvalue weighted by Gasteiger charge is 2.30. The van der Waals surface area contributed by atoms with E-state index in [0.29, 0.717) is 0 Å². The van der Waals surface area contributed by atoms with E-state index in [1.54, 1.807) is 13.0 Å². The molecule has 0 fully saturated rings. The molecule has 3 rings (SSSR count). The van der Waals surface area contributed by atoms with Gasteiger partial charge in [0.1, 0.15) is 23.3 Å². The van der Waals surface area contributed by atoms with Crippen LogP contribution in [0.1, 0.15) is 42.2 Å². The Labute approximate surface area is 124 Å². The van der Waals surface area contributed by atoms with Gasteiger partial charge in [-0.1, -0.05) is 12.1 Å². The summed E-state index contributed by atoms with van der Waals surface area (Å²) in [6, 6.07) is 10.2. The van der Waals surface area contributed by atoms with Gasteiger partial charge in [0.05, 0.1) is 0 Å². The van der Waals surface area contributed by atoms with E-state index in [4.69, 9.17) is 4.74 Å². The van der Waals surface area contributed by atoms with Crippen molar-refractivity contribution in [3.05, 3.63) is 64.5 Å². The number of aliphatic hydroxyl groups excluding tert-OH is 1. The lowest BCUT2D eigenvalue weighted by atomic mass is 9.94. The van der Waals surface area contributed by atoms with Crippen molar-refractivity contribution in [2.75, 3.05) is 0 Å². The summed E-state index contributed by atoms with van der Waals surface area (Å²) in [5.41, 5.74) is 3.20. The van der Waals surface area contributed by atoms with E-state index in [9.17, 15) is 9.50 Å². The van der Waals surface area contributed by atoms with Crippen LogP contribution in [0.5, 0.6) is 5.75 Å². The molecule has 1 heterocycles. The molecule has 1 atom stereocenters. The summed E-state index contributed by atoms with van der Waals surface area (Å²) in [5, 5.41) is 10.6. The van der Waals surface area contributed by atoms with Crippen molar-refractivity contribution in [1.29, 1.82) is 0 Å². The van der Waals surface area contributed by atoms with Crippen LogP contribution in [-0.4, -0.2) is 10.7 Å². The Hall–Kier alpha value is -1.87. The monoisotopic (exact) mass is 286 g/mol. The first-order valence-electron chi connectivity index (χ1n) is 7.12. The summed E-state index contributed by atoms with van der Waals surface area (Å²) in [6.07, 6.45) is 0.0743. The number of halogens is 1. The number of benzene rings is 2. The van der Waals surface area contributed by atoms with Crippen molar-refractivity contribution in [3.63, 3.8) is 0 Å². The maximum absolute atomic E-state index is 13.2. The fourth-order valence-corrected chi connectivity index (χ4v) is 2.93. The maximum Gasteiger partial charge on any atom is 0.123 e. The molecule has 0 saturated carbocycles. The normalized spacial score (nSPS) is 17.2. The number of hydrogen-bond acceptors (Lipinski definition) is 2. The van der Waals surface area contributed by atoms with Crippen LogP contribution in [0, 0.1) is 12.7 Å². The van der Waals surface area contributed by atoms with Crippen LogP contribution in [0.4, 0.5) is 4.39 Å². The maximum atomic E-state index is 13.2. The number of aryl methyl sites for hydroxylation is 1. The molecule has 3 heteroatoms. The van der Waals surface area contributed by atoms with Crippen LogP contribution < -0.4 is 4.74 Å². The Balaban J connectivity index is 1.95. The molecular formula is C18H19FO2. The second kappa shape index (κ2) is 4.85. The van der Waals surface area contributed by atoms with Crippen LogP contribution in [0.3, 0.4) is 0 Å². The summed E-state index contributed by atoms with van der Waals surface area (Å²) < 4.78 is 19.0. The highest BCUT2D eigenvalue weighted by atomic mass is 19.1. The van der Waals surface area contributed by atoms with Gasteiger partial charge in [0, 0.05) is 6.42 Å². The summed E-state index contributed by atoms with van der Waals surface area (Å²) >= 11 is 0. The molecule has 0 amide bonds. The quantitative estimate of drug-likeness (QED) is 0.906. The molecular weight excluding hydrogens is 267 g/mol. The Kier molecular flexibility index (Phi) is 3.25. The molecule has 2 aromatic carbocycles. The van der Waals surface area contributed by atoms with E-state index in [2.05, 4.69) is 0 Å². The van der Waals surface area contributed by atoms with Gasteiger partial charge in [0.15, 0.2) is 0 Å². The van der Waals surface area contributed by atoms with Crippen LogP contribution in [-0.2, 0) is 6.42 Å².